The molecule has 4 nitrogen and oxygen atoms in total. The predicted molar refractivity (Wildman–Crippen MR) is 76.3 cm³/mol. The van der Waals surface area contributed by atoms with E-state index in [0.717, 1.165) is 0 Å². The molecule has 5 heteroatoms. The van der Waals surface area contributed by atoms with Crippen molar-refractivity contribution < 1.29 is 19.3 Å². The molecule has 0 aliphatic rings. The number of ether oxygens (including phenoxy) is 1. The molecule has 0 saturated carbocycles. The van der Waals surface area contributed by atoms with Crippen molar-refractivity contribution in [3.05, 3.63) is 30.1 Å². The van der Waals surface area contributed by atoms with Crippen molar-refractivity contribution in [3.63, 3.8) is 0 Å². The second-order valence-corrected chi connectivity index (χ2v) is 5.69. The van der Waals surface area contributed by atoms with Crippen LogP contribution in [0, 0.1) is 11.2 Å². The molecule has 0 bridgehead atoms. The summed E-state index contributed by atoms with van der Waals surface area (Å²) in [4.78, 5) is 0. The van der Waals surface area contributed by atoms with Crippen LogP contribution in [-0.4, -0.2) is 42.6 Å². The van der Waals surface area contributed by atoms with E-state index in [2.05, 4.69) is 19.2 Å². The smallest absolute Gasteiger partial charge is 0.123 e. The summed E-state index contributed by atoms with van der Waals surface area (Å²) < 4.78 is 18.1. The summed E-state index contributed by atoms with van der Waals surface area (Å²) in [5.41, 5.74) is -0.00765. The van der Waals surface area contributed by atoms with Crippen molar-refractivity contribution in [3.8, 4) is 5.75 Å². The van der Waals surface area contributed by atoms with Crippen LogP contribution in [0.3, 0.4) is 0 Å². The van der Waals surface area contributed by atoms with E-state index in [1.807, 2.05) is 0 Å². The van der Waals surface area contributed by atoms with Crippen LogP contribution in [0.2, 0.25) is 0 Å². The van der Waals surface area contributed by atoms with Gasteiger partial charge in [0, 0.05) is 19.7 Å². The van der Waals surface area contributed by atoms with Gasteiger partial charge in [0.05, 0.1) is 0 Å². The molecule has 0 aliphatic heterocycles. The largest absolute Gasteiger partial charge is 0.491 e. The zero-order valence-corrected chi connectivity index (χ0v) is 12.1. The normalized spacial score (nSPS) is 13.2. The summed E-state index contributed by atoms with van der Waals surface area (Å²) in [6.07, 6.45) is 0.0762. The summed E-state index contributed by atoms with van der Waals surface area (Å²) in [6.45, 7) is 5.54. The number of aliphatic hydroxyl groups is 2. The topological polar surface area (TPSA) is 61.7 Å². The van der Waals surface area contributed by atoms with Crippen LogP contribution in [0.4, 0.5) is 4.39 Å². The molecule has 1 rings (SSSR count). The standard InChI is InChI=1S/C15H24FNO3/c1-15(2,7-8-18)11-17-9-13(19)10-20-14-5-3-12(16)4-6-14/h3-6,13,17-19H,7-11H2,1-2H3. The van der Waals surface area contributed by atoms with Crippen LogP contribution < -0.4 is 10.1 Å². The molecular formula is C15H24FNO3. The summed E-state index contributed by atoms with van der Waals surface area (Å²) in [7, 11) is 0. The number of nitrogens with one attached hydrogen (secondary N) is 1. The predicted octanol–water partition coefficient (Wildman–Crippen LogP) is 1.56. The van der Waals surface area contributed by atoms with Crippen LogP contribution in [0.5, 0.6) is 5.75 Å². The number of hydrogen-bond acceptors (Lipinski definition) is 4. The molecule has 3 N–H and O–H groups in total. The zero-order chi connectivity index (χ0) is 15.0. The van der Waals surface area contributed by atoms with Gasteiger partial charge in [-0.3, -0.25) is 0 Å². The monoisotopic (exact) mass is 285 g/mol. The van der Waals surface area contributed by atoms with Gasteiger partial charge in [0.25, 0.3) is 0 Å². The number of aliphatic hydroxyl groups excluding tert-OH is 2. The fourth-order valence-electron chi connectivity index (χ4n) is 1.75. The number of hydrogen-bond donors (Lipinski definition) is 3. The minimum absolute atomic E-state index is 0.00765. The van der Waals surface area contributed by atoms with Gasteiger partial charge < -0.3 is 20.3 Å². The van der Waals surface area contributed by atoms with Gasteiger partial charge in [0.15, 0.2) is 0 Å². The van der Waals surface area contributed by atoms with Crippen molar-refractivity contribution in [1.29, 1.82) is 0 Å². The van der Waals surface area contributed by atoms with Gasteiger partial charge >= 0.3 is 0 Å². The SMILES string of the molecule is CC(C)(CCO)CNCC(O)COc1ccc(F)cc1. The van der Waals surface area contributed by atoms with E-state index in [4.69, 9.17) is 9.84 Å². The van der Waals surface area contributed by atoms with Gasteiger partial charge in [-0.05, 0) is 36.1 Å². The molecule has 0 spiro atoms. The molecule has 1 aromatic carbocycles. The minimum Gasteiger partial charge on any atom is -0.491 e. The first kappa shape index (κ1) is 16.9. The molecule has 1 unspecified atom stereocenters. The lowest BCUT2D eigenvalue weighted by Crippen LogP contribution is -2.37. The van der Waals surface area contributed by atoms with Gasteiger partial charge in [-0.25, -0.2) is 4.39 Å². The highest BCUT2D eigenvalue weighted by Crippen LogP contribution is 2.17. The molecule has 1 aromatic rings. The lowest BCUT2D eigenvalue weighted by Gasteiger charge is -2.24. The van der Waals surface area contributed by atoms with E-state index >= 15 is 0 Å². The highest BCUT2D eigenvalue weighted by molar-refractivity contribution is 5.22. The molecule has 0 aromatic heterocycles. The number of halogens is 1. The molecule has 0 heterocycles. The molecule has 114 valence electrons. The Labute approximate surface area is 119 Å². The first-order valence-electron chi connectivity index (χ1n) is 6.81. The molecule has 0 radical (unpaired) electrons. The third kappa shape index (κ3) is 6.84. The van der Waals surface area contributed by atoms with E-state index in [-0.39, 0.29) is 24.4 Å². The van der Waals surface area contributed by atoms with E-state index in [1.165, 1.54) is 24.3 Å². The van der Waals surface area contributed by atoms with E-state index in [0.29, 0.717) is 25.3 Å². The molecule has 1 atom stereocenters. The molecular weight excluding hydrogens is 261 g/mol. The van der Waals surface area contributed by atoms with Gasteiger partial charge in [-0.15, -0.1) is 0 Å². The third-order valence-electron chi connectivity index (χ3n) is 3.03. The molecule has 0 amide bonds. The average Bonchev–Trinajstić information content (AvgIpc) is 2.37. The van der Waals surface area contributed by atoms with Crippen LogP contribution >= 0.6 is 0 Å². The first-order valence-corrected chi connectivity index (χ1v) is 6.81. The van der Waals surface area contributed by atoms with Crippen LogP contribution in [0.25, 0.3) is 0 Å². The van der Waals surface area contributed by atoms with Crippen molar-refractivity contribution in [2.24, 2.45) is 5.41 Å². The van der Waals surface area contributed by atoms with Crippen LogP contribution in [0.15, 0.2) is 24.3 Å². The Morgan fingerprint density at radius 3 is 2.55 bits per heavy atom. The summed E-state index contributed by atoms with van der Waals surface area (Å²) in [5, 5.41) is 21.9. The lowest BCUT2D eigenvalue weighted by atomic mass is 9.90. The lowest BCUT2D eigenvalue weighted by molar-refractivity contribution is 0.102. The van der Waals surface area contributed by atoms with Crippen LogP contribution in [0.1, 0.15) is 20.3 Å². The highest BCUT2D eigenvalue weighted by Gasteiger charge is 2.17. The van der Waals surface area contributed by atoms with Gasteiger partial charge in [-0.2, -0.15) is 0 Å². The Hall–Kier alpha value is -1.17. The Balaban J connectivity index is 2.20. The Morgan fingerprint density at radius 1 is 1.30 bits per heavy atom. The maximum atomic E-state index is 12.7. The number of rotatable bonds is 9. The molecule has 0 saturated heterocycles. The maximum Gasteiger partial charge on any atom is 0.123 e. The van der Waals surface area contributed by atoms with E-state index < -0.39 is 6.10 Å². The van der Waals surface area contributed by atoms with Crippen molar-refractivity contribution in [2.75, 3.05) is 26.3 Å². The quantitative estimate of drug-likeness (QED) is 0.644. The molecule has 0 fully saturated rings. The highest BCUT2D eigenvalue weighted by atomic mass is 19.1. The summed E-state index contributed by atoms with van der Waals surface area (Å²) in [5.74, 6) is 0.219. The third-order valence-corrected chi connectivity index (χ3v) is 3.03. The fraction of sp³-hybridized carbons (Fsp3) is 0.600. The first-order chi connectivity index (χ1) is 9.43. The van der Waals surface area contributed by atoms with Crippen molar-refractivity contribution in [1.82, 2.24) is 5.32 Å². The number of benzene rings is 1. The van der Waals surface area contributed by atoms with Crippen molar-refractivity contribution in [2.45, 2.75) is 26.4 Å². The fourth-order valence-corrected chi connectivity index (χ4v) is 1.75. The molecule has 20 heavy (non-hydrogen) atoms. The van der Waals surface area contributed by atoms with Gasteiger partial charge in [-0.1, -0.05) is 13.8 Å². The Morgan fingerprint density at radius 2 is 1.95 bits per heavy atom. The van der Waals surface area contributed by atoms with E-state index in [1.54, 1.807) is 0 Å². The van der Waals surface area contributed by atoms with Crippen LogP contribution in [-0.2, 0) is 0 Å². The molecule has 0 aliphatic carbocycles. The maximum absolute atomic E-state index is 12.7. The second-order valence-electron chi connectivity index (χ2n) is 5.69. The van der Waals surface area contributed by atoms with Crippen molar-refractivity contribution >= 4 is 0 Å². The summed E-state index contributed by atoms with van der Waals surface area (Å²) >= 11 is 0. The Kier molecular flexibility index (Phi) is 6.91. The average molecular weight is 285 g/mol. The Bertz CT molecular complexity index is 381. The van der Waals surface area contributed by atoms with Gasteiger partial charge in [0.1, 0.15) is 24.3 Å². The zero-order valence-electron chi connectivity index (χ0n) is 12.1. The van der Waals surface area contributed by atoms with E-state index in [9.17, 15) is 9.50 Å². The second kappa shape index (κ2) is 8.19. The van der Waals surface area contributed by atoms with Gasteiger partial charge in [0.2, 0.25) is 0 Å². The minimum atomic E-state index is -0.634. The summed E-state index contributed by atoms with van der Waals surface area (Å²) in [6, 6.07) is 5.69.